The van der Waals surface area contributed by atoms with Crippen molar-refractivity contribution in [1.29, 1.82) is 0 Å². The molecule has 1 N–H and O–H groups in total. The monoisotopic (exact) mass is 359 g/mol. The maximum Gasteiger partial charge on any atom is 0.231 e. The fraction of sp³-hybridized carbons (Fsp3) is 0.389. The molecule has 0 saturated carbocycles. The second kappa shape index (κ2) is 8.62. The van der Waals surface area contributed by atoms with Crippen molar-refractivity contribution in [2.45, 2.75) is 19.3 Å². The number of piperidine rings is 1. The fourth-order valence-electron chi connectivity index (χ4n) is 2.84. The van der Waals surface area contributed by atoms with Gasteiger partial charge in [-0.1, -0.05) is 18.2 Å². The lowest BCUT2D eigenvalue weighted by Crippen LogP contribution is -2.44. The van der Waals surface area contributed by atoms with Crippen molar-refractivity contribution in [3.63, 3.8) is 0 Å². The number of carbonyl (C=O) groups is 2. The molecule has 1 atom stereocenters. The van der Waals surface area contributed by atoms with E-state index in [2.05, 4.69) is 10.3 Å². The molecule has 132 valence electrons. The second-order valence-corrected chi connectivity index (χ2v) is 6.81. The molecule has 2 amide bonds. The van der Waals surface area contributed by atoms with Crippen LogP contribution in [0.15, 0.2) is 41.9 Å². The molecule has 1 aromatic heterocycles. The molecule has 1 aliphatic heterocycles. The molecule has 0 aliphatic carbocycles. The quantitative estimate of drug-likeness (QED) is 0.861. The highest BCUT2D eigenvalue weighted by Gasteiger charge is 2.28. The summed E-state index contributed by atoms with van der Waals surface area (Å²) in [5.74, 6) is 0.543. The van der Waals surface area contributed by atoms with Gasteiger partial charge >= 0.3 is 0 Å². The molecule has 6 nitrogen and oxygen atoms in total. The van der Waals surface area contributed by atoms with Gasteiger partial charge < -0.3 is 15.0 Å². The predicted molar refractivity (Wildman–Crippen MR) is 96.6 cm³/mol. The largest absolute Gasteiger partial charge is 0.493 e. The number of nitrogens with one attached hydrogen (secondary N) is 1. The number of para-hydroxylation sites is 1. The number of carbonyl (C=O) groups excluding carboxylic acids is 2. The van der Waals surface area contributed by atoms with Crippen molar-refractivity contribution in [3.05, 3.63) is 41.9 Å². The molecular weight excluding hydrogens is 338 g/mol. The Kier molecular flexibility index (Phi) is 6.00. The maximum absolute atomic E-state index is 12.4. The van der Waals surface area contributed by atoms with E-state index in [9.17, 15) is 9.59 Å². The average molecular weight is 359 g/mol. The van der Waals surface area contributed by atoms with Crippen LogP contribution in [-0.2, 0) is 9.59 Å². The summed E-state index contributed by atoms with van der Waals surface area (Å²) in [6.07, 6.45) is 3.60. The number of rotatable bonds is 6. The first-order valence-electron chi connectivity index (χ1n) is 8.38. The number of aromatic nitrogens is 1. The Morgan fingerprint density at radius 2 is 2.16 bits per heavy atom. The lowest BCUT2D eigenvalue weighted by atomic mass is 9.97. The van der Waals surface area contributed by atoms with Crippen LogP contribution in [0.4, 0.5) is 5.13 Å². The van der Waals surface area contributed by atoms with Gasteiger partial charge in [0.05, 0.1) is 18.9 Å². The molecule has 0 spiro atoms. The molecule has 1 saturated heterocycles. The third-order valence-corrected chi connectivity index (χ3v) is 4.82. The van der Waals surface area contributed by atoms with E-state index in [-0.39, 0.29) is 17.7 Å². The van der Waals surface area contributed by atoms with Gasteiger partial charge in [-0.2, -0.15) is 0 Å². The van der Waals surface area contributed by atoms with Crippen molar-refractivity contribution in [1.82, 2.24) is 9.88 Å². The Morgan fingerprint density at radius 3 is 2.92 bits per heavy atom. The van der Waals surface area contributed by atoms with E-state index in [4.69, 9.17) is 4.74 Å². The van der Waals surface area contributed by atoms with Crippen molar-refractivity contribution >= 4 is 28.3 Å². The lowest BCUT2D eigenvalue weighted by Gasteiger charge is -2.32. The highest BCUT2D eigenvalue weighted by atomic mass is 32.1. The van der Waals surface area contributed by atoms with E-state index in [1.54, 1.807) is 11.1 Å². The van der Waals surface area contributed by atoms with E-state index in [0.717, 1.165) is 18.6 Å². The zero-order chi connectivity index (χ0) is 17.5. The number of anilines is 1. The van der Waals surface area contributed by atoms with E-state index in [0.29, 0.717) is 31.2 Å². The van der Waals surface area contributed by atoms with Crippen LogP contribution in [0.2, 0.25) is 0 Å². The van der Waals surface area contributed by atoms with Gasteiger partial charge in [0.15, 0.2) is 5.13 Å². The predicted octanol–water partition coefficient (Wildman–Crippen LogP) is 2.79. The van der Waals surface area contributed by atoms with Gasteiger partial charge in [0.1, 0.15) is 5.75 Å². The van der Waals surface area contributed by atoms with Crippen molar-refractivity contribution in [2.75, 3.05) is 25.0 Å². The van der Waals surface area contributed by atoms with E-state index >= 15 is 0 Å². The number of hydrogen-bond acceptors (Lipinski definition) is 5. The van der Waals surface area contributed by atoms with Crippen LogP contribution in [0.5, 0.6) is 5.75 Å². The molecule has 3 rings (SSSR count). The molecule has 1 fully saturated rings. The summed E-state index contributed by atoms with van der Waals surface area (Å²) in [4.78, 5) is 30.5. The minimum atomic E-state index is -0.184. The standard InChI is InChI=1S/C18H21N3O3S/c22-16(8-11-24-15-6-2-1-3-7-15)21-10-4-5-14(13-21)17(23)20-18-19-9-12-25-18/h1-3,6-7,9,12,14H,4-5,8,10-11,13H2,(H,19,20,23)/t14-/m0/s1. The van der Waals surface area contributed by atoms with E-state index in [1.165, 1.54) is 11.3 Å². The molecule has 1 aromatic carbocycles. The zero-order valence-corrected chi connectivity index (χ0v) is 14.7. The molecule has 25 heavy (non-hydrogen) atoms. The molecular formula is C18H21N3O3S. The van der Waals surface area contributed by atoms with Crippen LogP contribution in [0.1, 0.15) is 19.3 Å². The Balaban J connectivity index is 1.45. The number of thiazole rings is 1. The molecule has 1 aliphatic rings. The Bertz CT molecular complexity index is 691. The average Bonchev–Trinajstić information content (AvgIpc) is 3.15. The first kappa shape index (κ1) is 17.4. The molecule has 0 unspecified atom stereocenters. The lowest BCUT2D eigenvalue weighted by molar-refractivity contribution is -0.135. The fourth-order valence-corrected chi connectivity index (χ4v) is 3.37. The summed E-state index contributed by atoms with van der Waals surface area (Å²) in [6.45, 7) is 1.50. The van der Waals surface area contributed by atoms with Gasteiger partial charge in [-0.25, -0.2) is 4.98 Å². The SMILES string of the molecule is O=C(Nc1nccs1)[C@H]1CCCN(C(=O)CCOc2ccccc2)C1. The van der Waals surface area contributed by atoms with Gasteiger partial charge in [0.2, 0.25) is 11.8 Å². The smallest absolute Gasteiger partial charge is 0.231 e. The number of nitrogens with zero attached hydrogens (tertiary/aromatic N) is 2. The van der Waals surface area contributed by atoms with Crippen molar-refractivity contribution < 1.29 is 14.3 Å². The third kappa shape index (κ3) is 5.03. The topological polar surface area (TPSA) is 71.5 Å². The van der Waals surface area contributed by atoms with Crippen LogP contribution in [0, 0.1) is 5.92 Å². The molecule has 2 aromatic rings. The van der Waals surface area contributed by atoms with Crippen LogP contribution >= 0.6 is 11.3 Å². The van der Waals surface area contributed by atoms with Gasteiger partial charge in [0.25, 0.3) is 0 Å². The van der Waals surface area contributed by atoms with Crippen LogP contribution in [0.25, 0.3) is 0 Å². The summed E-state index contributed by atoms with van der Waals surface area (Å²) < 4.78 is 5.58. The first-order valence-corrected chi connectivity index (χ1v) is 9.26. The molecule has 0 bridgehead atoms. The van der Waals surface area contributed by atoms with Crippen molar-refractivity contribution in [3.8, 4) is 5.75 Å². The zero-order valence-electron chi connectivity index (χ0n) is 13.9. The number of likely N-dealkylation sites (tertiary alicyclic amines) is 1. The van der Waals surface area contributed by atoms with Crippen LogP contribution < -0.4 is 10.1 Å². The number of hydrogen-bond donors (Lipinski definition) is 1. The van der Waals surface area contributed by atoms with Gasteiger partial charge in [-0.15, -0.1) is 11.3 Å². The van der Waals surface area contributed by atoms with Gasteiger partial charge in [0, 0.05) is 24.7 Å². The molecule has 0 radical (unpaired) electrons. The number of benzene rings is 1. The minimum absolute atomic E-state index is 0.0303. The number of ether oxygens (including phenoxy) is 1. The minimum Gasteiger partial charge on any atom is -0.493 e. The Labute approximate surface area is 150 Å². The maximum atomic E-state index is 12.4. The Hall–Kier alpha value is -2.41. The highest BCUT2D eigenvalue weighted by molar-refractivity contribution is 7.13. The van der Waals surface area contributed by atoms with E-state index < -0.39 is 0 Å². The highest BCUT2D eigenvalue weighted by Crippen LogP contribution is 2.20. The summed E-state index contributed by atoms with van der Waals surface area (Å²) in [7, 11) is 0. The summed E-state index contributed by atoms with van der Waals surface area (Å²) in [6, 6.07) is 9.44. The normalized spacial score (nSPS) is 17.1. The Morgan fingerprint density at radius 1 is 1.32 bits per heavy atom. The summed E-state index contributed by atoms with van der Waals surface area (Å²) in [5.41, 5.74) is 0. The van der Waals surface area contributed by atoms with E-state index in [1.807, 2.05) is 35.7 Å². The third-order valence-electron chi connectivity index (χ3n) is 4.14. The summed E-state index contributed by atoms with van der Waals surface area (Å²) in [5, 5.41) is 5.24. The number of amides is 2. The second-order valence-electron chi connectivity index (χ2n) is 5.92. The van der Waals surface area contributed by atoms with Crippen molar-refractivity contribution in [2.24, 2.45) is 5.92 Å². The van der Waals surface area contributed by atoms with Crippen LogP contribution in [-0.4, -0.2) is 41.4 Å². The van der Waals surface area contributed by atoms with Gasteiger partial charge in [-0.05, 0) is 25.0 Å². The van der Waals surface area contributed by atoms with Gasteiger partial charge in [-0.3, -0.25) is 9.59 Å². The first-order chi connectivity index (χ1) is 12.2. The summed E-state index contributed by atoms with van der Waals surface area (Å²) >= 11 is 1.39. The van der Waals surface area contributed by atoms with Crippen LogP contribution in [0.3, 0.4) is 0 Å². The molecule has 2 heterocycles. The molecule has 7 heteroatoms.